The number of hydrogen-bond acceptors (Lipinski definition) is 4. The molecule has 5 N–H and O–H groups in total. The van der Waals surface area contributed by atoms with Gasteiger partial charge in [0.05, 0.1) is 11.4 Å². The lowest BCUT2D eigenvalue weighted by Gasteiger charge is -2.12. The van der Waals surface area contributed by atoms with Gasteiger partial charge in [-0.2, -0.15) is 0 Å². The van der Waals surface area contributed by atoms with Crippen molar-refractivity contribution in [2.75, 3.05) is 29.6 Å². The van der Waals surface area contributed by atoms with E-state index in [1.165, 1.54) is 0 Å². The normalized spacial score (nSPS) is 14.5. The van der Waals surface area contributed by atoms with Crippen LogP contribution in [0.1, 0.15) is 6.92 Å². The van der Waals surface area contributed by atoms with Crippen LogP contribution in [0.25, 0.3) is 0 Å². The smallest absolute Gasteiger partial charge is 0.0568 e. The van der Waals surface area contributed by atoms with Crippen molar-refractivity contribution in [1.82, 2.24) is 0 Å². The van der Waals surface area contributed by atoms with Gasteiger partial charge in [-0.05, 0) is 25.1 Å². The summed E-state index contributed by atoms with van der Waals surface area (Å²) in [5.74, 6) is 0. The molecule has 2 atom stereocenters. The lowest BCUT2D eigenvalue weighted by Crippen LogP contribution is -2.20. The van der Waals surface area contributed by atoms with Crippen molar-refractivity contribution in [2.24, 2.45) is 0 Å². The number of benzene rings is 1. The molecule has 2 unspecified atom stereocenters. The topological polar surface area (TPSA) is 81.1 Å². The Balaban J connectivity index is 2.58. The molecule has 0 fully saturated rings. The molecular formula is C10H17N3OS. The van der Waals surface area contributed by atoms with Crippen molar-refractivity contribution < 1.29 is 4.21 Å². The van der Waals surface area contributed by atoms with Crippen LogP contribution in [0.5, 0.6) is 0 Å². The Morgan fingerprint density at radius 1 is 1.40 bits per heavy atom. The zero-order chi connectivity index (χ0) is 11.4. The second-order valence-electron chi connectivity index (χ2n) is 3.53. The number of rotatable bonds is 4. The zero-order valence-electron chi connectivity index (χ0n) is 8.99. The van der Waals surface area contributed by atoms with Gasteiger partial charge < -0.3 is 16.8 Å². The van der Waals surface area contributed by atoms with Crippen molar-refractivity contribution in [3.8, 4) is 0 Å². The second-order valence-corrected chi connectivity index (χ2v) is 5.34. The van der Waals surface area contributed by atoms with Gasteiger partial charge in [-0.25, -0.2) is 0 Å². The lowest BCUT2D eigenvalue weighted by atomic mass is 10.2. The Hall–Kier alpha value is -1.23. The van der Waals surface area contributed by atoms with E-state index in [0.717, 1.165) is 5.69 Å². The molecule has 0 saturated carbocycles. The summed E-state index contributed by atoms with van der Waals surface area (Å²) in [5.41, 5.74) is 13.3. The van der Waals surface area contributed by atoms with E-state index < -0.39 is 10.8 Å². The van der Waals surface area contributed by atoms with Crippen LogP contribution in [0, 0.1) is 0 Å². The van der Waals surface area contributed by atoms with E-state index in [-0.39, 0.29) is 5.25 Å². The summed E-state index contributed by atoms with van der Waals surface area (Å²) >= 11 is 0. The van der Waals surface area contributed by atoms with Crippen LogP contribution in [0.3, 0.4) is 0 Å². The molecule has 84 valence electrons. The molecular weight excluding hydrogens is 210 g/mol. The monoisotopic (exact) mass is 227 g/mol. The quantitative estimate of drug-likeness (QED) is 0.671. The summed E-state index contributed by atoms with van der Waals surface area (Å²) < 4.78 is 11.1. The van der Waals surface area contributed by atoms with Gasteiger partial charge in [-0.1, -0.05) is 0 Å². The molecule has 15 heavy (non-hydrogen) atoms. The van der Waals surface area contributed by atoms with E-state index in [1.54, 1.807) is 18.4 Å². The summed E-state index contributed by atoms with van der Waals surface area (Å²) in [6.07, 6.45) is 1.70. The average Bonchev–Trinajstić information content (AvgIpc) is 2.19. The van der Waals surface area contributed by atoms with Crippen LogP contribution in [-0.2, 0) is 10.8 Å². The van der Waals surface area contributed by atoms with Crippen molar-refractivity contribution in [3.05, 3.63) is 18.2 Å². The number of hydrogen-bond donors (Lipinski definition) is 3. The molecule has 0 aliphatic carbocycles. The standard InChI is InChI=1S/C10H17N3OS/c1-7(15(2)14)6-13-8-3-4-9(11)10(12)5-8/h3-5,7,13H,6,11-12H2,1-2H3. The van der Waals surface area contributed by atoms with Crippen LogP contribution >= 0.6 is 0 Å². The van der Waals surface area contributed by atoms with Gasteiger partial charge in [-0.15, -0.1) is 0 Å². The fourth-order valence-corrected chi connectivity index (χ4v) is 1.38. The summed E-state index contributed by atoms with van der Waals surface area (Å²) in [6.45, 7) is 2.59. The first kappa shape index (κ1) is 11.8. The van der Waals surface area contributed by atoms with Crippen molar-refractivity contribution in [2.45, 2.75) is 12.2 Å². The minimum atomic E-state index is -0.812. The molecule has 1 aromatic rings. The molecule has 0 radical (unpaired) electrons. The summed E-state index contributed by atoms with van der Waals surface area (Å²) in [4.78, 5) is 0. The van der Waals surface area contributed by atoms with Gasteiger partial charge in [0.25, 0.3) is 0 Å². The van der Waals surface area contributed by atoms with Gasteiger partial charge in [0.1, 0.15) is 0 Å². The molecule has 0 aliphatic heterocycles. The number of anilines is 3. The van der Waals surface area contributed by atoms with Gasteiger partial charge in [-0.3, -0.25) is 4.21 Å². The average molecular weight is 227 g/mol. The van der Waals surface area contributed by atoms with Crippen LogP contribution in [0.15, 0.2) is 18.2 Å². The molecule has 5 heteroatoms. The van der Waals surface area contributed by atoms with Crippen LogP contribution in [0.4, 0.5) is 17.1 Å². The minimum Gasteiger partial charge on any atom is -0.397 e. The SMILES string of the molecule is CC(CNc1ccc(N)c(N)c1)S(C)=O. The van der Waals surface area contributed by atoms with Crippen molar-refractivity contribution >= 4 is 27.9 Å². The van der Waals surface area contributed by atoms with Crippen molar-refractivity contribution in [3.63, 3.8) is 0 Å². The molecule has 0 aliphatic rings. The summed E-state index contributed by atoms with van der Waals surface area (Å²) in [7, 11) is -0.812. The Morgan fingerprint density at radius 2 is 2.07 bits per heavy atom. The first-order valence-corrected chi connectivity index (χ1v) is 6.34. The molecule has 0 amide bonds. The molecule has 0 saturated heterocycles. The Labute approximate surface area is 92.5 Å². The third-order valence-corrected chi connectivity index (χ3v) is 3.55. The number of nitrogens with one attached hydrogen (secondary N) is 1. The van der Waals surface area contributed by atoms with E-state index in [9.17, 15) is 4.21 Å². The molecule has 0 bridgehead atoms. The second kappa shape index (κ2) is 5.02. The van der Waals surface area contributed by atoms with Gasteiger partial charge >= 0.3 is 0 Å². The van der Waals surface area contributed by atoms with E-state index >= 15 is 0 Å². The Kier molecular flexibility index (Phi) is 3.96. The molecule has 1 aromatic carbocycles. The maximum absolute atomic E-state index is 11.1. The largest absolute Gasteiger partial charge is 0.397 e. The fraction of sp³-hybridized carbons (Fsp3) is 0.400. The highest BCUT2D eigenvalue weighted by Crippen LogP contribution is 2.19. The first-order chi connectivity index (χ1) is 7.00. The molecule has 0 heterocycles. The highest BCUT2D eigenvalue weighted by Gasteiger charge is 2.05. The molecule has 1 rings (SSSR count). The molecule has 0 aromatic heterocycles. The van der Waals surface area contributed by atoms with E-state index in [1.807, 2.05) is 13.0 Å². The molecule has 4 nitrogen and oxygen atoms in total. The predicted octanol–water partition coefficient (Wildman–Crippen LogP) is 1.03. The van der Waals surface area contributed by atoms with Crippen LogP contribution in [-0.4, -0.2) is 22.3 Å². The highest BCUT2D eigenvalue weighted by atomic mass is 32.2. The van der Waals surface area contributed by atoms with E-state index in [2.05, 4.69) is 5.32 Å². The third kappa shape index (κ3) is 3.43. The summed E-state index contributed by atoms with van der Waals surface area (Å²) in [5, 5.41) is 3.28. The van der Waals surface area contributed by atoms with Gasteiger partial charge in [0.2, 0.25) is 0 Å². The minimum absolute atomic E-state index is 0.115. The number of nitrogen functional groups attached to an aromatic ring is 2. The summed E-state index contributed by atoms with van der Waals surface area (Å²) in [6, 6.07) is 5.39. The van der Waals surface area contributed by atoms with Crippen LogP contribution < -0.4 is 16.8 Å². The lowest BCUT2D eigenvalue weighted by molar-refractivity contribution is 0.679. The predicted molar refractivity (Wildman–Crippen MR) is 67.3 cm³/mol. The maximum atomic E-state index is 11.1. The first-order valence-electron chi connectivity index (χ1n) is 4.72. The number of nitrogens with two attached hydrogens (primary N) is 2. The molecule has 0 spiro atoms. The van der Waals surface area contributed by atoms with E-state index in [4.69, 9.17) is 11.5 Å². The Morgan fingerprint density at radius 3 is 2.60 bits per heavy atom. The van der Waals surface area contributed by atoms with Gasteiger partial charge in [0, 0.05) is 34.5 Å². The third-order valence-electron chi connectivity index (χ3n) is 2.25. The maximum Gasteiger partial charge on any atom is 0.0568 e. The Bertz CT molecular complexity index is 368. The zero-order valence-corrected chi connectivity index (χ0v) is 9.80. The highest BCUT2D eigenvalue weighted by molar-refractivity contribution is 7.84. The van der Waals surface area contributed by atoms with Crippen molar-refractivity contribution in [1.29, 1.82) is 0 Å². The van der Waals surface area contributed by atoms with Crippen LogP contribution in [0.2, 0.25) is 0 Å². The van der Waals surface area contributed by atoms with E-state index in [0.29, 0.717) is 17.9 Å². The van der Waals surface area contributed by atoms with Gasteiger partial charge in [0.15, 0.2) is 0 Å². The fourth-order valence-electron chi connectivity index (χ4n) is 1.06.